The minimum atomic E-state index is -1.02. The molecule has 1 N–H and O–H groups in total. The molecule has 0 unspecified atom stereocenters. The van der Waals surface area contributed by atoms with Gasteiger partial charge in [-0.1, -0.05) is 0 Å². The normalized spacial score (nSPS) is 14.3. The first-order chi connectivity index (χ1) is 11.4. The quantitative estimate of drug-likeness (QED) is 0.820. The van der Waals surface area contributed by atoms with Crippen molar-refractivity contribution in [3.63, 3.8) is 0 Å². The number of anilines is 1. The summed E-state index contributed by atoms with van der Waals surface area (Å²) in [4.78, 5) is 38.2. The Morgan fingerprint density at radius 1 is 1.12 bits per heavy atom. The lowest BCUT2D eigenvalue weighted by atomic mass is 10.2. The molecule has 0 saturated carbocycles. The highest BCUT2D eigenvalue weighted by Gasteiger charge is 2.28. The van der Waals surface area contributed by atoms with Crippen molar-refractivity contribution in [3.05, 3.63) is 29.8 Å². The zero-order chi connectivity index (χ0) is 17.7. The van der Waals surface area contributed by atoms with Crippen molar-refractivity contribution >= 4 is 23.6 Å². The first-order valence-electron chi connectivity index (χ1n) is 7.39. The summed E-state index contributed by atoms with van der Waals surface area (Å²) < 4.78 is 31.2. The Labute approximate surface area is 137 Å². The minimum absolute atomic E-state index is 0.164. The highest BCUT2D eigenvalue weighted by atomic mass is 19.1. The van der Waals surface area contributed by atoms with Gasteiger partial charge in [0.15, 0.2) is 0 Å². The predicted octanol–water partition coefficient (Wildman–Crippen LogP) is 1.20. The average molecular weight is 341 g/mol. The van der Waals surface area contributed by atoms with E-state index in [9.17, 15) is 23.2 Å². The van der Waals surface area contributed by atoms with E-state index in [0.717, 1.165) is 12.1 Å². The fraction of sp³-hybridized carbons (Fsp3) is 0.400. The number of benzene rings is 1. The van der Waals surface area contributed by atoms with E-state index >= 15 is 0 Å². The lowest BCUT2D eigenvalue weighted by Crippen LogP contribution is -2.53. The van der Waals surface area contributed by atoms with Gasteiger partial charge >= 0.3 is 17.9 Å². The Kier molecular flexibility index (Phi) is 5.67. The van der Waals surface area contributed by atoms with E-state index < -0.39 is 29.5 Å². The molecule has 9 heteroatoms. The van der Waals surface area contributed by atoms with Gasteiger partial charge in [0.05, 0.1) is 12.3 Å². The molecule has 0 atom stereocenters. The Morgan fingerprint density at radius 3 is 2.33 bits per heavy atom. The maximum absolute atomic E-state index is 13.5. The molecule has 1 aromatic rings. The number of carbonyl (C=O) groups is 3. The number of piperazine rings is 1. The summed E-state index contributed by atoms with van der Waals surface area (Å²) in [6.07, 6.45) is -0.470. The second kappa shape index (κ2) is 7.71. The fourth-order valence-corrected chi connectivity index (χ4v) is 2.22. The molecule has 0 bridgehead atoms. The molecule has 0 aliphatic carbocycles. The van der Waals surface area contributed by atoms with Crippen molar-refractivity contribution in [1.82, 2.24) is 9.80 Å². The van der Waals surface area contributed by atoms with Crippen LogP contribution in [0.2, 0.25) is 0 Å². The van der Waals surface area contributed by atoms with Gasteiger partial charge in [-0.25, -0.2) is 13.6 Å². The molecular formula is C15H17F2N3O4. The Hall–Kier alpha value is -2.71. The number of carbonyl (C=O) groups excluding carboxylic acids is 3. The van der Waals surface area contributed by atoms with Crippen LogP contribution >= 0.6 is 0 Å². The Morgan fingerprint density at radius 2 is 1.75 bits per heavy atom. The molecule has 24 heavy (non-hydrogen) atoms. The van der Waals surface area contributed by atoms with Gasteiger partial charge in [-0.3, -0.25) is 9.59 Å². The molecule has 130 valence electrons. The van der Waals surface area contributed by atoms with Crippen LogP contribution in [-0.4, -0.2) is 60.5 Å². The van der Waals surface area contributed by atoms with Gasteiger partial charge in [-0.15, -0.1) is 0 Å². The molecule has 1 heterocycles. The van der Waals surface area contributed by atoms with Gasteiger partial charge in [-0.2, -0.15) is 0 Å². The smallest absolute Gasteiger partial charge is 0.409 e. The average Bonchev–Trinajstić information content (AvgIpc) is 2.57. The van der Waals surface area contributed by atoms with Gasteiger partial charge in [0, 0.05) is 32.2 Å². The van der Waals surface area contributed by atoms with Crippen LogP contribution in [0.3, 0.4) is 0 Å². The molecule has 1 saturated heterocycles. The van der Waals surface area contributed by atoms with Gasteiger partial charge in [-0.05, 0) is 19.1 Å². The number of halogens is 2. The van der Waals surface area contributed by atoms with Crippen molar-refractivity contribution in [2.45, 2.75) is 6.92 Å². The first kappa shape index (κ1) is 17.6. The first-order valence-corrected chi connectivity index (χ1v) is 7.39. The Balaban J connectivity index is 1.90. The van der Waals surface area contributed by atoms with Crippen molar-refractivity contribution in [2.24, 2.45) is 0 Å². The van der Waals surface area contributed by atoms with E-state index in [0.29, 0.717) is 6.07 Å². The van der Waals surface area contributed by atoms with E-state index in [2.05, 4.69) is 5.32 Å². The van der Waals surface area contributed by atoms with Crippen molar-refractivity contribution < 1.29 is 27.9 Å². The molecule has 1 aliphatic rings. The second-order valence-corrected chi connectivity index (χ2v) is 5.06. The zero-order valence-electron chi connectivity index (χ0n) is 13.1. The summed E-state index contributed by atoms with van der Waals surface area (Å²) in [5.74, 6) is -3.62. The van der Waals surface area contributed by atoms with Crippen molar-refractivity contribution in [3.8, 4) is 0 Å². The van der Waals surface area contributed by atoms with Crippen LogP contribution in [0.4, 0.5) is 19.3 Å². The highest BCUT2D eigenvalue weighted by molar-refractivity contribution is 6.39. The molecule has 0 radical (unpaired) electrons. The predicted molar refractivity (Wildman–Crippen MR) is 80.2 cm³/mol. The summed E-state index contributed by atoms with van der Waals surface area (Å²) in [7, 11) is 0. The maximum atomic E-state index is 13.5. The van der Waals surface area contributed by atoms with Crippen LogP contribution < -0.4 is 5.32 Å². The van der Waals surface area contributed by atoms with Gasteiger partial charge in [0.25, 0.3) is 0 Å². The number of nitrogens with one attached hydrogen (secondary N) is 1. The molecule has 1 aromatic carbocycles. The van der Waals surface area contributed by atoms with Crippen LogP contribution in [0.1, 0.15) is 6.92 Å². The van der Waals surface area contributed by atoms with Crippen LogP contribution in [-0.2, 0) is 14.3 Å². The lowest BCUT2D eigenvalue weighted by Gasteiger charge is -2.33. The maximum Gasteiger partial charge on any atom is 0.409 e. The number of amides is 3. The molecule has 1 fully saturated rings. The monoisotopic (exact) mass is 341 g/mol. The standard InChI is InChI=1S/C15H17F2N3O4/c1-2-24-15(23)20-7-5-19(6-8-20)14(22)13(21)18-12-4-3-10(16)9-11(12)17/h3-4,9H,2,5-8H2,1H3,(H,18,21). The zero-order valence-corrected chi connectivity index (χ0v) is 13.1. The summed E-state index contributed by atoms with van der Waals surface area (Å²) in [5.41, 5.74) is -0.278. The topological polar surface area (TPSA) is 79.0 Å². The molecule has 2 rings (SSSR count). The van der Waals surface area contributed by atoms with Crippen LogP contribution in [0.25, 0.3) is 0 Å². The third kappa shape index (κ3) is 4.18. The second-order valence-electron chi connectivity index (χ2n) is 5.06. The SMILES string of the molecule is CCOC(=O)N1CCN(C(=O)C(=O)Nc2ccc(F)cc2F)CC1. The Bertz CT molecular complexity index is 646. The van der Waals surface area contributed by atoms with Gasteiger partial charge in [0.2, 0.25) is 0 Å². The van der Waals surface area contributed by atoms with E-state index in [1.54, 1.807) is 6.92 Å². The van der Waals surface area contributed by atoms with E-state index in [-0.39, 0.29) is 38.5 Å². The van der Waals surface area contributed by atoms with E-state index in [1.165, 1.54) is 9.80 Å². The van der Waals surface area contributed by atoms with E-state index in [4.69, 9.17) is 4.74 Å². The molecular weight excluding hydrogens is 324 g/mol. The third-order valence-corrected chi connectivity index (χ3v) is 3.47. The summed E-state index contributed by atoms with van der Waals surface area (Å²) in [6, 6.07) is 2.62. The number of hydrogen-bond donors (Lipinski definition) is 1. The van der Waals surface area contributed by atoms with Gasteiger partial charge in [0.1, 0.15) is 11.6 Å². The summed E-state index contributed by atoms with van der Waals surface area (Å²) in [5, 5.41) is 2.11. The summed E-state index contributed by atoms with van der Waals surface area (Å²) in [6.45, 7) is 2.75. The van der Waals surface area contributed by atoms with Crippen LogP contribution in [0, 0.1) is 11.6 Å². The fourth-order valence-electron chi connectivity index (χ4n) is 2.22. The number of nitrogens with zero attached hydrogens (tertiary/aromatic N) is 2. The lowest BCUT2D eigenvalue weighted by molar-refractivity contribution is -0.144. The van der Waals surface area contributed by atoms with Crippen LogP contribution in [0.15, 0.2) is 18.2 Å². The number of rotatable bonds is 2. The highest BCUT2D eigenvalue weighted by Crippen LogP contribution is 2.15. The van der Waals surface area contributed by atoms with E-state index in [1.807, 2.05) is 0 Å². The van der Waals surface area contributed by atoms with Crippen LogP contribution in [0.5, 0.6) is 0 Å². The molecule has 0 aromatic heterocycles. The molecule has 3 amide bonds. The minimum Gasteiger partial charge on any atom is -0.450 e. The molecule has 0 spiro atoms. The van der Waals surface area contributed by atoms with Crippen molar-refractivity contribution in [2.75, 3.05) is 38.1 Å². The number of ether oxygens (including phenoxy) is 1. The third-order valence-electron chi connectivity index (χ3n) is 3.47. The molecule has 1 aliphatic heterocycles. The largest absolute Gasteiger partial charge is 0.450 e. The summed E-state index contributed by atoms with van der Waals surface area (Å²) >= 11 is 0. The molecule has 7 nitrogen and oxygen atoms in total. The van der Waals surface area contributed by atoms with Crippen molar-refractivity contribution in [1.29, 1.82) is 0 Å². The van der Waals surface area contributed by atoms with Gasteiger partial charge < -0.3 is 19.9 Å². The number of hydrogen-bond acceptors (Lipinski definition) is 4.